The number of aromatic nitrogens is 1. The van der Waals surface area contributed by atoms with E-state index in [0.29, 0.717) is 10.6 Å². The number of alkyl halides is 3. The van der Waals surface area contributed by atoms with Crippen LogP contribution in [0.5, 0.6) is 0 Å². The molecular formula is C11H5Cl2F3N2O2. The molecule has 9 heteroatoms. The average Bonchev–Trinajstić information content (AvgIpc) is 2.80. The van der Waals surface area contributed by atoms with Crippen molar-refractivity contribution in [2.45, 2.75) is 6.18 Å². The molecule has 20 heavy (non-hydrogen) atoms. The first-order chi connectivity index (χ1) is 9.27. The topological polar surface area (TPSA) is 55.1 Å². The Labute approximate surface area is 120 Å². The first kappa shape index (κ1) is 14.7. The van der Waals surface area contributed by atoms with Crippen LogP contribution < -0.4 is 5.32 Å². The van der Waals surface area contributed by atoms with Crippen LogP contribution in [0.25, 0.3) is 11.5 Å². The summed E-state index contributed by atoms with van der Waals surface area (Å²) in [6.45, 7) is 0. The Morgan fingerprint density at radius 3 is 2.55 bits per heavy atom. The van der Waals surface area contributed by atoms with Gasteiger partial charge in [-0.2, -0.15) is 13.2 Å². The largest absolute Gasteiger partial charge is 0.471 e. The third kappa shape index (κ3) is 3.23. The molecule has 0 aliphatic heterocycles. The van der Waals surface area contributed by atoms with Gasteiger partial charge in [-0.05, 0) is 18.2 Å². The van der Waals surface area contributed by atoms with E-state index in [2.05, 4.69) is 4.98 Å². The molecular weight excluding hydrogens is 320 g/mol. The Morgan fingerprint density at radius 2 is 1.95 bits per heavy atom. The number of carbonyl (C=O) groups excluding carboxylic acids is 1. The van der Waals surface area contributed by atoms with Gasteiger partial charge < -0.3 is 4.42 Å². The molecule has 0 aliphatic rings. The van der Waals surface area contributed by atoms with Gasteiger partial charge in [0, 0.05) is 5.56 Å². The lowest BCUT2D eigenvalue weighted by Gasteiger charge is -2.04. The van der Waals surface area contributed by atoms with E-state index < -0.39 is 18.0 Å². The van der Waals surface area contributed by atoms with Crippen LogP contribution in [0.15, 0.2) is 28.8 Å². The summed E-state index contributed by atoms with van der Waals surface area (Å²) in [5.74, 6) is -2.57. The summed E-state index contributed by atoms with van der Waals surface area (Å²) in [6.07, 6.45) is -4.04. The van der Waals surface area contributed by atoms with Gasteiger partial charge >= 0.3 is 12.1 Å². The standard InChI is InChI=1S/C11H5Cl2F3N2O2/c12-6-2-1-5(3-7(6)13)9-17-4-8(20-9)18-10(19)11(14,15)16/h1-4H,(H,18,19). The highest BCUT2D eigenvalue weighted by Gasteiger charge is 2.39. The molecule has 0 bridgehead atoms. The zero-order chi connectivity index (χ0) is 14.9. The van der Waals surface area contributed by atoms with Crippen LogP contribution in [0.1, 0.15) is 0 Å². The summed E-state index contributed by atoms with van der Waals surface area (Å²) >= 11 is 11.5. The molecule has 0 saturated heterocycles. The Balaban J connectivity index is 2.21. The molecule has 0 spiro atoms. The van der Waals surface area contributed by atoms with Crippen LogP contribution in [-0.2, 0) is 4.79 Å². The molecule has 1 aromatic heterocycles. The number of halogens is 5. The number of rotatable bonds is 2. The molecule has 1 amide bonds. The fourth-order valence-corrected chi connectivity index (χ4v) is 1.58. The van der Waals surface area contributed by atoms with Gasteiger partial charge in [0.05, 0.1) is 16.2 Å². The molecule has 0 unspecified atom stereocenters. The number of anilines is 1. The third-order valence-electron chi connectivity index (χ3n) is 2.17. The number of carbonyl (C=O) groups is 1. The van der Waals surface area contributed by atoms with Gasteiger partial charge in [0.15, 0.2) is 0 Å². The summed E-state index contributed by atoms with van der Waals surface area (Å²) < 4.78 is 41.2. The van der Waals surface area contributed by atoms with E-state index in [1.54, 1.807) is 5.32 Å². The maximum Gasteiger partial charge on any atom is 0.471 e. The molecule has 4 nitrogen and oxygen atoms in total. The lowest BCUT2D eigenvalue weighted by atomic mass is 10.2. The summed E-state index contributed by atoms with van der Waals surface area (Å²) in [4.78, 5) is 14.5. The molecule has 106 valence electrons. The maximum absolute atomic E-state index is 12.1. The third-order valence-corrected chi connectivity index (χ3v) is 2.91. The number of nitrogens with one attached hydrogen (secondary N) is 1. The van der Waals surface area contributed by atoms with Crippen molar-refractivity contribution >= 4 is 35.0 Å². The minimum absolute atomic E-state index is 0.000964. The Hall–Kier alpha value is -1.73. The molecule has 1 N–H and O–H groups in total. The van der Waals surface area contributed by atoms with Crippen molar-refractivity contribution in [1.29, 1.82) is 0 Å². The van der Waals surface area contributed by atoms with Gasteiger partial charge in [0.2, 0.25) is 11.8 Å². The normalized spacial score (nSPS) is 11.4. The zero-order valence-corrected chi connectivity index (χ0v) is 11.0. The van der Waals surface area contributed by atoms with E-state index >= 15 is 0 Å². The molecule has 2 rings (SSSR count). The molecule has 1 aromatic carbocycles. The second-order valence-corrected chi connectivity index (χ2v) is 4.42. The number of oxazole rings is 1. The van der Waals surface area contributed by atoms with E-state index in [0.717, 1.165) is 6.20 Å². The highest BCUT2D eigenvalue weighted by Crippen LogP contribution is 2.29. The highest BCUT2D eigenvalue weighted by molar-refractivity contribution is 6.42. The maximum atomic E-state index is 12.1. The van der Waals surface area contributed by atoms with Gasteiger partial charge in [0.1, 0.15) is 0 Å². The van der Waals surface area contributed by atoms with E-state index in [9.17, 15) is 18.0 Å². The molecule has 1 heterocycles. The van der Waals surface area contributed by atoms with Crippen LogP contribution >= 0.6 is 23.2 Å². The first-order valence-corrected chi connectivity index (χ1v) is 5.82. The molecule has 0 aliphatic carbocycles. The number of hydrogen-bond acceptors (Lipinski definition) is 3. The lowest BCUT2D eigenvalue weighted by molar-refractivity contribution is -0.167. The number of amides is 1. The van der Waals surface area contributed by atoms with Crippen LogP contribution in [0.2, 0.25) is 10.0 Å². The second-order valence-electron chi connectivity index (χ2n) is 3.61. The van der Waals surface area contributed by atoms with Gasteiger partial charge in [-0.25, -0.2) is 4.98 Å². The van der Waals surface area contributed by atoms with Gasteiger partial charge in [-0.3, -0.25) is 10.1 Å². The summed E-state index contributed by atoms with van der Waals surface area (Å²) in [5, 5.41) is 2.10. The molecule has 2 aromatic rings. The zero-order valence-electron chi connectivity index (χ0n) is 9.46. The van der Waals surface area contributed by atoms with Crippen LogP contribution in [-0.4, -0.2) is 17.1 Å². The number of hydrogen-bond donors (Lipinski definition) is 1. The van der Waals surface area contributed by atoms with Crippen molar-refractivity contribution in [2.75, 3.05) is 5.32 Å². The fourth-order valence-electron chi connectivity index (χ4n) is 1.28. The minimum atomic E-state index is -5.00. The molecule has 0 radical (unpaired) electrons. The molecule has 0 saturated carbocycles. The predicted molar refractivity (Wildman–Crippen MR) is 66.6 cm³/mol. The summed E-state index contributed by atoms with van der Waals surface area (Å²) in [6, 6.07) is 4.44. The summed E-state index contributed by atoms with van der Waals surface area (Å²) in [5.41, 5.74) is 0.409. The Kier molecular flexibility index (Phi) is 3.92. The minimum Gasteiger partial charge on any atom is -0.420 e. The van der Waals surface area contributed by atoms with E-state index in [-0.39, 0.29) is 10.9 Å². The highest BCUT2D eigenvalue weighted by atomic mass is 35.5. The summed E-state index contributed by atoms with van der Waals surface area (Å²) in [7, 11) is 0. The van der Waals surface area contributed by atoms with Crippen molar-refractivity contribution < 1.29 is 22.4 Å². The first-order valence-electron chi connectivity index (χ1n) is 5.07. The SMILES string of the molecule is O=C(Nc1cnc(-c2ccc(Cl)c(Cl)c2)o1)C(F)(F)F. The lowest BCUT2D eigenvalue weighted by Crippen LogP contribution is -2.29. The van der Waals surface area contributed by atoms with Gasteiger partial charge in [-0.15, -0.1) is 0 Å². The van der Waals surface area contributed by atoms with E-state index in [1.165, 1.54) is 18.2 Å². The number of nitrogens with zero attached hydrogens (tertiary/aromatic N) is 1. The van der Waals surface area contributed by atoms with Crippen molar-refractivity contribution in [3.8, 4) is 11.5 Å². The number of benzene rings is 1. The van der Waals surface area contributed by atoms with Crippen LogP contribution in [0, 0.1) is 0 Å². The Morgan fingerprint density at radius 1 is 1.25 bits per heavy atom. The predicted octanol–water partition coefficient (Wildman–Crippen LogP) is 4.15. The van der Waals surface area contributed by atoms with Gasteiger partial charge in [0.25, 0.3) is 0 Å². The van der Waals surface area contributed by atoms with Gasteiger partial charge in [-0.1, -0.05) is 23.2 Å². The quantitative estimate of drug-likeness (QED) is 0.902. The van der Waals surface area contributed by atoms with Crippen molar-refractivity contribution in [2.24, 2.45) is 0 Å². The molecule has 0 fully saturated rings. The second kappa shape index (κ2) is 5.34. The van der Waals surface area contributed by atoms with Crippen molar-refractivity contribution in [3.63, 3.8) is 0 Å². The Bertz CT molecular complexity index is 655. The van der Waals surface area contributed by atoms with Crippen molar-refractivity contribution in [3.05, 3.63) is 34.4 Å². The van der Waals surface area contributed by atoms with Crippen LogP contribution in [0.3, 0.4) is 0 Å². The van der Waals surface area contributed by atoms with E-state index in [4.69, 9.17) is 27.6 Å². The van der Waals surface area contributed by atoms with E-state index in [1.807, 2.05) is 0 Å². The molecule has 0 atom stereocenters. The van der Waals surface area contributed by atoms with Crippen LogP contribution in [0.4, 0.5) is 19.1 Å². The smallest absolute Gasteiger partial charge is 0.420 e. The van der Waals surface area contributed by atoms with Crippen molar-refractivity contribution in [1.82, 2.24) is 4.98 Å². The average molecular weight is 325 g/mol. The fraction of sp³-hybridized carbons (Fsp3) is 0.0909. The monoisotopic (exact) mass is 324 g/mol.